The molecule has 1 saturated carbocycles. The quantitative estimate of drug-likeness (QED) is 0.471. The number of alkyl halides is 3. The normalized spacial score (nSPS) is 22.9. The summed E-state index contributed by atoms with van der Waals surface area (Å²) in [6.45, 7) is 2.58. The number of ether oxygens (including phenoxy) is 1. The molecule has 1 aliphatic carbocycles. The van der Waals surface area contributed by atoms with Gasteiger partial charge in [0.2, 0.25) is 11.8 Å². The third-order valence-corrected chi connectivity index (χ3v) is 8.36. The second-order valence-corrected chi connectivity index (χ2v) is 11.0. The fraction of sp³-hybridized carbons (Fsp3) is 0.593. The molecule has 4 heterocycles. The Labute approximate surface area is 229 Å². The second-order valence-electron chi connectivity index (χ2n) is 11.0. The van der Waals surface area contributed by atoms with Gasteiger partial charge in [-0.2, -0.15) is 18.3 Å². The molecule has 3 N–H and O–H groups in total. The van der Waals surface area contributed by atoms with Gasteiger partial charge in [0.1, 0.15) is 17.6 Å². The number of nitrogens with one attached hydrogen (secondary N) is 3. The van der Waals surface area contributed by atoms with Gasteiger partial charge in [-0.1, -0.05) is 19.8 Å². The zero-order chi connectivity index (χ0) is 28.5. The molecule has 40 heavy (non-hydrogen) atoms. The maximum absolute atomic E-state index is 13.6. The van der Waals surface area contributed by atoms with Gasteiger partial charge in [-0.05, 0) is 43.6 Å². The third-order valence-electron chi connectivity index (χ3n) is 8.36. The molecular formula is C27H33F3N6O4. The average Bonchev–Trinajstić information content (AvgIpc) is 3.49. The van der Waals surface area contributed by atoms with Crippen molar-refractivity contribution in [2.24, 2.45) is 11.8 Å². The lowest BCUT2D eigenvalue weighted by atomic mass is 9.76. The number of anilines is 2. The number of aryl methyl sites for hydroxylation is 1. The number of rotatable bonds is 7. The van der Waals surface area contributed by atoms with Gasteiger partial charge in [0.25, 0.3) is 5.91 Å². The minimum atomic E-state index is -4.40. The SMILES string of the molecule is C[C@H]1CC[C@H]([C@H](NC(=O)c2ccnn2CCC(F)(F)F)C(=O)Nc2cc3c(cn2)C2(CCOCC2)C(=O)N3)CC1. The monoisotopic (exact) mass is 562 g/mol. The van der Waals surface area contributed by atoms with Gasteiger partial charge in [0, 0.05) is 37.2 Å². The van der Waals surface area contributed by atoms with Gasteiger partial charge in [-0.15, -0.1) is 0 Å². The van der Waals surface area contributed by atoms with E-state index in [2.05, 4.69) is 33.0 Å². The molecule has 2 aromatic rings. The summed E-state index contributed by atoms with van der Waals surface area (Å²) < 4.78 is 44.7. The molecule has 0 aromatic carbocycles. The molecule has 216 valence electrons. The summed E-state index contributed by atoms with van der Waals surface area (Å²) in [7, 11) is 0. The van der Waals surface area contributed by atoms with E-state index in [9.17, 15) is 27.6 Å². The molecule has 0 radical (unpaired) electrons. The number of aromatic nitrogens is 3. The molecule has 0 bridgehead atoms. The summed E-state index contributed by atoms with van der Waals surface area (Å²) in [6, 6.07) is 2.02. The smallest absolute Gasteiger partial charge is 0.381 e. The van der Waals surface area contributed by atoms with E-state index in [0.717, 1.165) is 23.1 Å². The number of amides is 3. The molecule has 10 nitrogen and oxygen atoms in total. The molecule has 3 aliphatic rings. The molecule has 1 atom stereocenters. The number of nitrogens with zero attached hydrogens (tertiary/aromatic N) is 3. The van der Waals surface area contributed by atoms with Crippen LogP contribution in [0, 0.1) is 11.8 Å². The van der Waals surface area contributed by atoms with Crippen LogP contribution < -0.4 is 16.0 Å². The van der Waals surface area contributed by atoms with Gasteiger partial charge >= 0.3 is 6.18 Å². The number of carbonyl (C=O) groups is 3. The van der Waals surface area contributed by atoms with Crippen LogP contribution in [0.3, 0.4) is 0 Å². The van der Waals surface area contributed by atoms with E-state index in [1.165, 1.54) is 12.3 Å². The van der Waals surface area contributed by atoms with E-state index < -0.39 is 42.4 Å². The van der Waals surface area contributed by atoms with E-state index in [0.29, 0.717) is 50.5 Å². The van der Waals surface area contributed by atoms with Crippen LogP contribution in [-0.4, -0.2) is 57.9 Å². The summed E-state index contributed by atoms with van der Waals surface area (Å²) in [4.78, 5) is 44.0. The first-order valence-corrected chi connectivity index (χ1v) is 13.7. The predicted octanol–water partition coefficient (Wildman–Crippen LogP) is 3.79. The Hall–Kier alpha value is -3.48. The Morgan fingerprint density at radius 3 is 2.65 bits per heavy atom. The minimum Gasteiger partial charge on any atom is -0.381 e. The van der Waals surface area contributed by atoms with E-state index >= 15 is 0 Å². The van der Waals surface area contributed by atoms with Crippen molar-refractivity contribution in [1.29, 1.82) is 0 Å². The zero-order valence-corrected chi connectivity index (χ0v) is 22.2. The van der Waals surface area contributed by atoms with Crippen LogP contribution >= 0.6 is 0 Å². The lowest BCUT2D eigenvalue weighted by molar-refractivity contribution is -0.137. The molecule has 2 fully saturated rings. The van der Waals surface area contributed by atoms with Crippen LogP contribution in [0.2, 0.25) is 0 Å². The van der Waals surface area contributed by atoms with Crippen molar-refractivity contribution in [2.45, 2.75) is 76.0 Å². The van der Waals surface area contributed by atoms with Gasteiger partial charge in [0.05, 0.1) is 24.1 Å². The Kier molecular flexibility index (Phi) is 7.85. The number of hydrogen-bond acceptors (Lipinski definition) is 6. The Morgan fingerprint density at radius 1 is 1.23 bits per heavy atom. The largest absolute Gasteiger partial charge is 0.390 e. The van der Waals surface area contributed by atoms with Crippen molar-refractivity contribution < 1.29 is 32.3 Å². The van der Waals surface area contributed by atoms with Crippen LogP contribution in [0.5, 0.6) is 0 Å². The summed E-state index contributed by atoms with van der Waals surface area (Å²) in [5.41, 5.74) is 0.620. The molecule has 0 unspecified atom stereocenters. The summed E-state index contributed by atoms with van der Waals surface area (Å²) in [6.07, 6.45) is 1.64. The lowest BCUT2D eigenvalue weighted by Crippen LogP contribution is -2.49. The first kappa shape index (κ1) is 28.1. The van der Waals surface area contributed by atoms with Crippen molar-refractivity contribution in [2.75, 3.05) is 23.8 Å². The number of carbonyl (C=O) groups excluding carboxylic acids is 3. The second kappa shape index (κ2) is 11.2. The van der Waals surface area contributed by atoms with Gasteiger partial charge in [0.15, 0.2) is 0 Å². The minimum absolute atomic E-state index is 0.0497. The standard InChI is InChI=1S/C27H33F3N6O4/c1-16-2-4-17(5-3-16)22(35-23(37)20-6-10-32-36(20)11-7-27(28,29)30)24(38)34-21-14-19-18(15-31-21)26(25(39)33-19)8-12-40-13-9-26/h6,10,14-17,22H,2-5,7-9,11-13H2,1H3,(H,33,39)(H,35,37)(H,31,34,38)/t16-,17-,22-/m0/s1. The molecule has 1 saturated heterocycles. The van der Waals surface area contributed by atoms with E-state index in [4.69, 9.17) is 4.74 Å². The highest BCUT2D eigenvalue weighted by atomic mass is 19.4. The highest BCUT2D eigenvalue weighted by Crippen LogP contribution is 2.44. The van der Waals surface area contributed by atoms with E-state index in [-0.39, 0.29) is 23.3 Å². The van der Waals surface area contributed by atoms with Crippen LogP contribution in [0.4, 0.5) is 24.7 Å². The predicted molar refractivity (Wildman–Crippen MR) is 139 cm³/mol. The van der Waals surface area contributed by atoms with E-state index in [1.807, 2.05) is 0 Å². The summed E-state index contributed by atoms with van der Waals surface area (Å²) in [5, 5.41) is 12.3. The Balaban J connectivity index is 1.33. The Bertz CT molecular complexity index is 1270. The van der Waals surface area contributed by atoms with E-state index in [1.54, 1.807) is 12.3 Å². The molecule has 3 amide bonds. The van der Waals surface area contributed by atoms with Crippen LogP contribution in [0.1, 0.15) is 67.9 Å². The highest BCUT2D eigenvalue weighted by Gasteiger charge is 2.48. The van der Waals surface area contributed by atoms with Crippen LogP contribution in [-0.2, 0) is 26.3 Å². The van der Waals surface area contributed by atoms with Gasteiger partial charge < -0.3 is 20.7 Å². The number of fused-ring (bicyclic) bond motifs is 2. The highest BCUT2D eigenvalue weighted by molar-refractivity contribution is 6.07. The summed E-state index contributed by atoms with van der Waals surface area (Å²) >= 11 is 0. The van der Waals surface area contributed by atoms with Gasteiger partial charge in [-0.25, -0.2) is 4.98 Å². The Morgan fingerprint density at radius 2 is 1.95 bits per heavy atom. The first-order chi connectivity index (χ1) is 19.1. The van der Waals surface area contributed by atoms with Gasteiger partial charge in [-0.3, -0.25) is 19.1 Å². The van der Waals surface area contributed by atoms with Crippen molar-refractivity contribution in [3.8, 4) is 0 Å². The number of pyridine rings is 1. The maximum atomic E-state index is 13.6. The topological polar surface area (TPSA) is 127 Å². The first-order valence-electron chi connectivity index (χ1n) is 13.7. The molecule has 5 rings (SSSR count). The maximum Gasteiger partial charge on any atom is 0.390 e. The summed E-state index contributed by atoms with van der Waals surface area (Å²) in [5.74, 6) is -0.697. The fourth-order valence-corrected chi connectivity index (χ4v) is 5.96. The average molecular weight is 563 g/mol. The molecule has 2 aromatic heterocycles. The number of hydrogen-bond donors (Lipinski definition) is 3. The lowest BCUT2D eigenvalue weighted by Gasteiger charge is -2.32. The van der Waals surface area contributed by atoms with Crippen molar-refractivity contribution in [1.82, 2.24) is 20.1 Å². The third kappa shape index (κ3) is 5.84. The van der Waals surface area contributed by atoms with Crippen molar-refractivity contribution >= 4 is 29.2 Å². The van der Waals surface area contributed by atoms with Crippen molar-refractivity contribution in [3.63, 3.8) is 0 Å². The van der Waals surface area contributed by atoms with Crippen LogP contribution in [0.15, 0.2) is 24.5 Å². The number of halogens is 3. The van der Waals surface area contributed by atoms with Crippen LogP contribution in [0.25, 0.3) is 0 Å². The molecule has 2 aliphatic heterocycles. The molecule has 1 spiro atoms. The zero-order valence-electron chi connectivity index (χ0n) is 22.2. The fourth-order valence-electron chi connectivity index (χ4n) is 5.96. The molecular weight excluding hydrogens is 529 g/mol. The molecule has 13 heteroatoms. The van der Waals surface area contributed by atoms with Crippen molar-refractivity contribution in [3.05, 3.63) is 35.8 Å².